The first-order valence-corrected chi connectivity index (χ1v) is 5.77. The Labute approximate surface area is 101 Å². The van der Waals surface area contributed by atoms with Gasteiger partial charge in [-0.2, -0.15) is 0 Å². The van der Waals surface area contributed by atoms with Gasteiger partial charge in [-0.25, -0.2) is 0 Å². The molecule has 2 unspecified atom stereocenters. The van der Waals surface area contributed by atoms with Crippen molar-refractivity contribution in [2.24, 2.45) is 5.73 Å². The largest absolute Gasteiger partial charge is 0.391 e. The molecule has 2 rings (SSSR count). The molecule has 2 atom stereocenters. The summed E-state index contributed by atoms with van der Waals surface area (Å²) in [7, 11) is 0. The SMILES string of the molecule is NC(=O)C1C(O)[CH]CCN1Cc1ccccc1. The molecule has 1 aliphatic heterocycles. The van der Waals surface area contributed by atoms with Crippen molar-refractivity contribution in [1.82, 2.24) is 4.90 Å². The molecule has 1 radical (unpaired) electrons. The van der Waals surface area contributed by atoms with Gasteiger partial charge in [-0.15, -0.1) is 0 Å². The predicted octanol–water partition coefficient (Wildman–Crippen LogP) is 0.311. The minimum Gasteiger partial charge on any atom is -0.391 e. The number of nitrogens with zero attached hydrogens (tertiary/aromatic N) is 1. The summed E-state index contributed by atoms with van der Waals surface area (Å²) < 4.78 is 0. The van der Waals surface area contributed by atoms with Crippen molar-refractivity contribution in [2.45, 2.75) is 25.1 Å². The molecule has 1 aliphatic rings. The van der Waals surface area contributed by atoms with E-state index in [1.165, 1.54) is 0 Å². The van der Waals surface area contributed by atoms with E-state index in [9.17, 15) is 9.90 Å². The average molecular weight is 233 g/mol. The van der Waals surface area contributed by atoms with Crippen LogP contribution in [-0.2, 0) is 11.3 Å². The highest BCUT2D eigenvalue weighted by atomic mass is 16.3. The van der Waals surface area contributed by atoms with Gasteiger partial charge in [0.1, 0.15) is 6.04 Å². The van der Waals surface area contributed by atoms with Gasteiger partial charge < -0.3 is 10.8 Å². The van der Waals surface area contributed by atoms with Crippen LogP contribution in [-0.4, -0.2) is 34.6 Å². The lowest BCUT2D eigenvalue weighted by Crippen LogP contribution is -2.54. The number of hydrogen-bond donors (Lipinski definition) is 2. The van der Waals surface area contributed by atoms with Gasteiger partial charge in [0.05, 0.1) is 6.10 Å². The molecule has 3 N–H and O–H groups in total. The number of hydrogen-bond acceptors (Lipinski definition) is 3. The first-order valence-electron chi connectivity index (χ1n) is 5.77. The molecule has 0 bridgehead atoms. The highest BCUT2D eigenvalue weighted by Gasteiger charge is 2.34. The van der Waals surface area contributed by atoms with Gasteiger partial charge >= 0.3 is 0 Å². The molecule has 1 amide bonds. The molecule has 0 spiro atoms. The molecule has 17 heavy (non-hydrogen) atoms. The maximum atomic E-state index is 11.4. The van der Waals surface area contributed by atoms with Crippen LogP contribution in [0.15, 0.2) is 30.3 Å². The zero-order valence-corrected chi connectivity index (χ0v) is 9.62. The van der Waals surface area contributed by atoms with E-state index in [0.717, 1.165) is 18.5 Å². The van der Waals surface area contributed by atoms with Crippen LogP contribution in [0.4, 0.5) is 0 Å². The molecule has 0 aromatic heterocycles. The normalized spacial score (nSPS) is 25.7. The summed E-state index contributed by atoms with van der Waals surface area (Å²) in [6, 6.07) is 9.27. The van der Waals surface area contributed by atoms with Crippen molar-refractivity contribution in [1.29, 1.82) is 0 Å². The Morgan fingerprint density at radius 2 is 2.12 bits per heavy atom. The quantitative estimate of drug-likeness (QED) is 0.789. The van der Waals surface area contributed by atoms with Crippen molar-refractivity contribution >= 4 is 5.91 Å². The molecule has 4 nitrogen and oxygen atoms in total. The second-order valence-corrected chi connectivity index (χ2v) is 4.32. The second kappa shape index (κ2) is 5.29. The van der Waals surface area contributed by atoms with E-state index in [0.29, 0.717) is 6.54 Å². The molecular formula is C13H17N2O2. The number of aliphatic hydroxyl groups excluding tert-OH is 1. The number of carbonyl (C=O) groups excluding carboxylic acids is 1. The van der Waals surface area contributed by atoms with Gasteiger partial charge in [-0.05, 0) is 24.9 Å². The fourth-order valence-electron chi connectivity index (χ4n) is 2.24. The van der Waals surface area contributed by atoms with E-state index in [1.807, 2.05) is 35.2 Å². The van der Waals surface area contributed by atoms with Gasteiger partial charge in [0, 0.05) is 6.54 Å². The first kappa shape index (κ1) is 12.1. The highest BCUT2D eigenvalue weighted by Crippen LogP contribution is 2.19. The maximum absolute atomic E-state index is 11.4. The molecule has 0 saturated carbocycles. The van der Waals surface area contributed by atoms with Crippen molar-refractivity contribution in [3.8, 4) is 0 Å². The first-order chi connectivity index (χ1) is 8.18. The van der Waals surface area contributed by atoms with Crippen LogP contribution in [0.5, 0.6) is 0 Å². The van der Waals surface area contributed by atoms with Gasteiger partial charge in [-0.1, -0.05) is 30.3 Å². The molecule has 91 valence electrons. The van der Waals surface area contributed by atoms with Crippen LogP contribution >= 0.6 is 0 Å². The van der Waals surface area contributed by atoms with E-state index in [2.05, 4.69) is 0 Å². The number of primary amides is 1. The molecular weight excluding hydrogens is 216 g/mol. The second-order valence-electron chi connectivity index (χ2n) is 4.32. The minimum atomic E-state index is -0.759. The van der Waals surface area contributed by atoms with Crippen molar-refractivity contribution in [3.63, 3.8) is 0 Å². The number of aliphatic hydroxyl groups is 1. The zero-order chi connectivity index (χ0) is 12.3. The summed E-state index contributed by atoms with van der Waals surface area (Å²) in [4.78, 5) is 13.3. The maximum Gasteiger partial charge on any atom is 0.237 e. The van der Waals surface area contributed by atoms with Crippen LogP contribution in [0.3, 0.4) is 0 Å². The summed E-state index contributed by atoms with van der Waals surface area (Å²) in [6.07, 6.45) is 1.76. The summed E-state index contributed by atoms with van der Waals surface area (Å²) in [5.74, 6) is -0.468. The van der Waals surface area contributed by atoms with Gasteiger partial charge in [0.15, 0.2) is 0 Å². The Morgan fingerprint density at radius 1 is 1.41 bits per heavy atom. The summed E-state index contributed by atoms with van der Waals surface area (Å²) in [6.45, 7) is 1.39. The topological polar surface area (TPSA) is 66.6 Å². The lowest BCUT2D eigenvalue weighted by Gasteiger charge is -2.36. The number of rotatable bonds is 3. The Hall–Kier alpha value is -1.39. The van der Waals surface area contributed by atoms with E-state index in [-0.39, 0.29) is 0 Å². The number of benzene rings is 1. The third kappa shape index (κ3) is 2.84. The van der Waals surface area contributed by atoms with E-state index in [1.54, 1.807) is 6.42 Å². The van der Waals surface area contributed by atoms with Crippen LogP contribution < -0.4 is 5.73 Å². The molecule has 4 heteroatoms. The summed E-state index contributed by atoms with van der Waals surface area (Å²) >= 11 is 0. The minimum absolute atomic E-state index is 0.468. The fourth-order valence-corrected chi connectivity index (χ4v) is 2.24. The van der Waals surface area contributed by atoms with Crippen molar-refractivity contribution in [2.75, 3.05) is 6.54 Å². The van der Waals surface area contributed by atoms with Gasteiger partial charge in [0.2, 0.25) is 5.91 Å². The third-order valence-electron chi connectivity index (χ3n) is 3.06. The molecule has 1 heterocycles. The smallest absolute Gasteiger partial charge is 0.237 e. The van der Waals surface area contributed by atoms with E-state index >= 15 is 0 Å². The lowest BCUT2D eigenvalue weighted by molar-refractivity contribution is -0.128. The van der Waals surface area contributed by atoms with Gasteiger partial charge in [0.25, 0.3) is 0 Å². The van der Waals surface area contributed by atoms with E-state index in [4.69, 9.17) is 5.73 Å². The van der Waals surface area contributed by atoms with Crippen molar-refractivity contribution in [3.05, 3.63) is 42.3 Å². The predicted molar refractivity (Wildman–Crippen MR) is 64.8 cm³/mol. The molecule has 1 aromatic rings. The standard InChI is InChI=1S/C13H17N2O2/c14-13(17)12-11(16)7-4-8-15(12)9-10-5-2-1-3-6-10/h1-3,5-7,11-12,16H,4,8-9H2,(H2,14,17). The van der Waals surface area contributed by atoms with Crippen LogP contribution in [0.1, 0.15) is 12.0 Å². The van der Waals surface area contributed by atoms with Crippen molar-refractivity contribution < 1.29 is 9.90 Å². The number of carbonyl (C=O) groups is 1. The van der Waals surface area contributed by atoms with Crippen LogP contribution in [0.2, 0.25) is 0 Å². The van der Waals surface area contributed by atoms with Crippen LogP contribution in [0.25, 0.3) is 0 Å². The van der Waals surface area contributed by atoms with Gasteiger partial charge in [-0.3, -0.25) is 9.69 Å². The zero-order valence-electron chi connectivity index (χ0n) is 9.62. The third-order valence-corrected chi connectivity index (χ3v) is 3.06. The summed E-state index contributed by atoms with van der Waals surface area (Å²) in [5.41, 5.74) is 6.46. The monoisotopic (exact) mass is 233 g/mol. The number of likely N-dealkylation sites (tertiary alicyclic amines) is 1. The number of piperidine rings is 1. The number of nitrogens with two attached hydrogens (primary N) is 1. The Kier molecular flexibility index (Phi) is 3.76. The lowest BCUT2D eigenvalue weighted by atomic mass is 9.97. The summed E-state index contributed by atoms with van der Waals surface area (Å²) in [5, 5.41) is 9.79. The van der Waals surface area contributed by atoms with Crippen LogP contribution in [0, 0.1) is 6.42 Å². The molecule has 1 saturated heterocycles. The average Bonchev–Trinajstić information content (AvgIpc) is 2.30. The Balaban J connectivity index is 2.10. The number of amides is 1. The molecule has 0 aliphatic carbocycles. The Bertz CT molecular complexity index is 380. The molecule has 1 fully saturated rings. The fraction of sp³-hybridized carbons (Fsp3) is 0.385. The highest BCUT2D eigenvalue weighted by molar-refractivity contribution is 5.81. The van der Waals surface area contributed by atoms with E-state index < -0.39 is 18.1 Å². The Morgan fingerprint density at radius 3 is 2.76 bits per heavy atom. The molecule has 1 aromatic carbocycles.